The zero-order valence-corrected chi connectivity index (χ0v) is 6.91. The predicted molar refractivity (Wildman–Crippen MR) is 40.6 cm³/mol. The van der Waals surface area contributed by atoms with Crippen LogP contribution in [0.1, 0.15) is 32.1 Å². The Labute approximate surface area is 71.0 Å². The van der Waals surface area contributed by atoms with Gasteiger partial charge in [0.25, 0.3) is 0 Å². The maximum absolute atomic E-state index is 11.3. The monoisotopic (exact) mass is 168 g/mol. The van der Waals surface area contributed by atoms with Crippen molar-refractivity contribution >= 4 is 5.78 Å². The molecule has 3 fully saturated rings. The molecule has 2 bridgehead atoms. The summed E-state index contributed by atoms with van der Waals surface area (Å²) in [5.41, 5.74) is 0. The Hall–Kier alpha value is -0.410. The molecular weight excluding hydrogens is 156 g/mol. The van der Waals surface area contributed by atoms with Crippen molar-refractivity contribution in [3.63, 3.8) is 0 Å². The highest BCUT2D eigenvalue weighted by Gasteiger charge is 2.55. The molecule has 3 rings (SSSR count). The van der Waals surface area contributed by atoms with Crippen LogP contribution in [0.5, 0.6) is 0 Å². The van der Waals surface area contributed by atoms with E-state index in [1.807, 2.05) is 0 Å². The van der Waals surface area contributed by atoms with E-state index in [0.717, 1.165) is 25.7 Å². The van der Waals surface area contributed by atoms with Crippen LogP contribution in [-0.2, 0) is 14.3 Å². The molecule has 1 saturated heterocycles. The fourth-order valence-corrected chi connectivity index (χ4v) is 2.36. The van der Waals surface area contributed by atoms with Crippen LogP contribution in [0, 0.1) is 0 Å². The van der Waals surface area contributed by atoms with Crippen LogP contribution in [0.2, 0.25) is 0 Å². The van der Waals surface area contributed by atoms with Crippen molar-refractivity contribution in [1.29, 1.82) is 0 Å². The summed E-state index contributed by atoms with van der Waals surface area (Å²) in [6, 6.07) is 0. The number of ketones is 1. The second-order valence-electron chi connectivity index (χ2n) is 3.97. The molecule has 0 aromatic rings. The van der Waals surface area contributed by atoms with Gasteiger partial charge in [-0.15, -0.1) is 0 Å². The van der Waals surface area contributed by atoms with Gasteiger partial charge >= 0.3 is 0 Å². The fraction of sp³-hybridized carbons (Fsp3) is 0.889. The summed E-state index contributed by atoms with van der Waals surface area (Å²) in [6.45, 7) is 0. The van der Waals surface area contributed by atoms with Crippen LogP contribution < -0.4 is 0 Å². The molecule has 0 N–H and O–H groups in total. The molecule has 0 amide bonds. The SMILES string of the molecule is O=C1CCC12OC1CCC(C1)O2. The minimum absolute atomic E-state index is 0.152. The van der Waals surface area contributed by atoms with Crippen molar-refractivity contribution in [1.82, 2.24) is 0 Å². The zero-order valence-electron chi connectivity index (χ0n) is 6.91. The fourth-order valence-electron chi connectivity index (χ4n) is 2.36. The normalized spacial score (nSPS) is 51.2. The van der Waals surface area contributed by atoms with Crippen molar-refractivity contribution < 1.29 is 14.3 Å². The Balaban J connectivity index is 1.86. The maximum atomic E-state index is 11.3. The molecule has 0 aromatic heterocycles. The molecule has 66 valence electrons. The summed E-state index contributed by atoms with van der Waals surface area (Å²) < 4.78 is 11.3. The predicted octanol–water partition coefficient (Wildman–Crippen LogP) is 1.01. The lowest BCUT2D eigenvalue weighted by atomic mass is 9.88. The third kappa shape index (κ3) is 0.756. The van der Waals surface area contributed by atoms with E-state index in [4.69, 9.17) is 9.47 Å². The average molecular weight is 168 g/mol. The van der Waals surface area contributed by atoms with Gasteiger partial charge in [0.1, 0.15) is 0 Å². The minimum atomic E-state index is -0.774. The largest absolute Gasteiger partial charge is 0.340 e. The summed E-state index contributed by atoms with van der Waals surface area (Å²) >= 11 is 0. The molecule has 2 aliphatic carbocycles. The van der Waals surface area contributed by atoms with E-state index in [9.17, 15) is 4.79 Å². The van der Waals surface area contributed by atoms with Gasteiger partial charge < -0.3 is 9.47 Å². The first-order chi connectivity index (χ1) is 5.78. The minimum Gasteiger partial charge on any atom is -0.340 e. The Morgan fingerprint density at radius 2 is 1.92 bits per heavy atom. The average Bonchev–Trinajstić information content (AvgIpc) is 2.43. The zero-order chi connectivity index (χ0) is 8.18. The highest BCUT2D eigenvalue weighted by Crippen LogP contribution is 2.44. The van der Waals surface area contributed by atoms with E-state index >= 15 is 0 Å². The molecule has 1 heterocycles. The van der Waals surface area contributed by atoms with Gasteiger partial charge in [-0.25, -0.2) is 0 Å². The van der Waals surface area contributed by atoms with Crippen molar-refractivity contribution in [2.75, 3.05) is 0 Å². The smallest absolute Gasteiger partial charge is 0.229 e. The van der Waals surface area contributed by atoms with Crippen LogP contribution in [-0.4, -0.2) is 23.8 Å². The molecule has 1 aliphatic heterocycles. The molecular formula is C9H12O3. The number of ether oxygens (including phenoxy) is 2. The highest BCUT2D eigenvalue weighted by molar-refractivity contribution is 5.91. The first kappa shape index (κ1) is 7.04. The third-order valence-electron chi connectivity index (χ3n) is 3.16. The van der Waals surface area contributed by atoms with Gasteiger partial charge in [0.15, 0.2) is 5.78 Å². The Bertz CT molecular complexity index is 224. The maximum Gasteiger partial charge on any atom is 0.229 e. The molecule has 1 spiro atoms. The number of Topliss-reactive ketones (excluding diaryl/α,β-unsaturated/α-hetero) is 1. The standard InChI is InChI=1S/C9H12O3/c10-8-3-4-9(8)11-6-1-2-7(5-6)12-9/h6-7H,1-5H2. The summed E-state index contributed by atoms with van der Waals surface area (Å²) in [6.07, 6.45) is 5.15. The number of carbonyl (C=O) groups excluding carboxylic acids is 1. The number of hydrogen-bond donors (Lipinski definition) is 0. The van der Waals surface area contributed by atoms with Crippen LogP contribution >= 0.6 is 0 Å². The molecule has 0 aromatic carbocycles. The number of rotatable bonds is 0. The summed E-state index contributed by atoms with van der Waals surface area (Å²) in [5, 5.41) is 0. The quantitative estimate of drug-likeness (QED) is 0.541. The van der Waals surface area contributed by atoms with Crippen LogP contribution in [0.15, 0.2) is 0 Å². The lowest BCUT2D eigenvalue weighted by Crippen LogP contribution is -2.57. The highest BCUT2D eigenvalue weighted by atomic mass is 16.7. The van der Waals surface area contributed by atoms with Crippen molar-refractivity contribution in [3.8, 4) is 0 Å². The first-order valence-corrected chi connectivity index (χ1v) is 4.67. The Kier molecular flexibility index (Phi) is 1.23. The van der Waals surface area contributed by atoms with Gasteiger partial charge in [-0.3, -0.25) is 4.79 Å². The summed E-state index contributed by atoms with van der Waals surface area (Å²) in [5.74, 6) is -0.622. The van der Waals surface area contributed by atoms with E-state index in [2.05, 4.69) is 0 Å². The second kappa shape index (κ2) is 2.09. The molecule has 0 radical (unpaired) electrons. The van der Waals surface area contributed by atoms with Crippen LogP contribution in [0.4, 0.5) is 0 Å². The molecule has 3 nitrogen and oxygen atoms in total. The molecule has 12 heavy (non-hydrogen) atoms. The topological polar surface area (TPSA) is 35.5 Å². The first-order valence-electron chi connectivity index (χ1n) is 4.67. The number of hydrogen-bond acceptors (Lipinski definition) is 3. The van der Waals surface area contributed by atoms with Gasteiger partial charge in [0, 0.05) is 19.3 Å². The summed E-state index contributed by atoms with van der Waals surface area (Å²) in [7, 11) is 0. The van der Waals surface area contributed by atoms with E-state index in [-0.39, 0.29) is 5.78 Å². The Morgan fingerprint density at radius 1 is 1.25 bits per heavy atom. The third-order valence-corrected chi connectivity index (χ3v) is 3.16. The number of carbonyl (C=O) groups is 1. The molecule has 2 atom stereocenters. The van der Waals surface area contributed by atoms with E-state index in [0.29, 0.717) is 18.6 Å². The van der Waals surface area contributed by atoms with Gasteiger partial charge in [0.05, 0.1) is 12.2 Å². The second-order valence-corrected chi connectivity index (χ2v) is 3.97. The molecule has 3 heteroatoms. The van der Waals surface area contributed by atoms with Crippen LogP contribution in [0.3, 0.4) is 0 Å². The molecule has 3 aliphatic rings. The van der Waals surface area contributed by atoms with Gasteiger partial charge in [0.2, 0.25) is 5.79 Å². The molecule has 2 saturated carbocycles. The van der Waals surface area contributed by atoms with Gasteiger partial charge in [-0.2, -0.15) is 0 Å². The lowest BCUT2D eigenvalue weighted by molar-refractivity contribution is -0.301. The van der Waals surface area contributed by atoms with E-state index in [1.54, 1.807) is 0 Å². The Morgan fingerprint density at radius 3 is 2.33 bits per heavy atom. The van der Waals surface area contributed by atoms with Gasteiger partial charge in [-0.1, -0.05) is 0 Å². The van der Waals surface area contributed by atoms with Gasteiger partial charge in [-0.05, 0) is 12.8 Å². The molecule has 2 unspecified atom stereocenters. The van der Waals surface area contributed by atoms with Crippen molar-refractivity contribution in [3.05, 3.63) is 0 Å². The van der Waals surface area contributed by atoms with Crippen molar-refractivity contribution in [2.45, 2.75) is 50.1 Å². The lowest BCUT2D eigenvalue weighted by Gasteiger charge is -2.44. The number of fused-ring (bicyclic) bond motifs is 2. The van der Waals surface area contributed by atoms with Crippen molar-refractivity contribution in [2.24, 2.45) is 0 Å². The van der Waals surface area contributed by atoms with E-state index < -0.39 is 5.79 Å². The van der Waals surface area contributed by atoms with E-state index in [1.165, 1.54) is 0 Å². The summed E-state index contributed by atoms with van der Waals surface area (Å²) in [4.78, 5) is 11.3. The van der Waals surface area contributed by atoms with Crippen LogP contribution in [0.25, 0.3) is 0 Å².